The van der Waals surface area contributed by atoms with Crippen molar-refractivity contribution in [1.29, 1.82) is 0 Å². The third-order valence-corrected chi connectivity index (χ3v) is 4.97. The van der Waals surface area contributed by atoms with Crippen LogP contribution in [-0.2, 0) is 9.59 Å². The maximum atomic E-state index is 12.5. The minimum atomic E-state index is -1.10. The minimum absolute atomic E-state index is 0.0444. The number of amides is 2. The Morgan fingerprint density at radius 1 is 1.14 bits per heavy atom. The quantitative estimate of drug-likeness (QED) is 0.831. The number of imide groups is 1. The number of anilines is 1. The van der Waals surface area contributed by atoms with Gasteiger partial charge in [0.05, 0.1) is 23.1 Å². The normalized spacial score (nSPS) is 25.1. The van der Waals surface area contributed by atoms with E-state index in [1.165, 1.54) is 11.0 Å². The van der Waals surface area contributed by atoms with Crippen LogP contribution in [0.2, 0.25) is 0 Å². The second kappa shape index (κ2) is 5.26. The number of carboxylic acids is 1. The largest absolute Gasteiger partial charge is 0.478 e. The highest BCUT2D eigenvalue weighted by Crippen LogP contribution is 2.40. The van der Waals surface area contributed by atoms with Crippen LogP contribution < -0.4 is 4.90 Å². The summed E-state index contributed by atoms with van der Waals surface area (Å²) in [5.41, 5.74) is 0.392. The van der Waals surface area contributed by atoms with E-state index in [4.69, 9.17) is 5.11 Å². The number of aromatic carboxylic acids is 1. The monoisotopic (exact) mass is 351 g/mol. The van der Waals surface area contributed by atoms with Gasteiger partial charge < -0.3 is 5.11 Å². The van der Waals surface area contributed by atoms with E-state index >= 15 is 0 Å². The van der Waals surface area contributed by atoms with Gasteiger partial charge in [0.2, 0.25) is 11.8 Å². The summed E-state index contributed by atoms with van der Waals surface area (Å²) in [5.74, 6) is -1.95. The number of carbonyl (C=O) groups is 3. The Bertz CT molecular complexity index is 619. The maximum Gasteiger partial charge on any atom is 0.336 e. The average Bonchev–Trinajstić information content (AvgIpc) is 2.72. The number of hydrogen-bond acceptors (Lipinski definition) is 3. The first kappa shape index (κ1) is 14.3. The Morgan fingerprint density at radius 2 is 1.71 bits per heavy atom. The van der Waals surface area contributed by atoms with Gasteiger partial charge in [0.1, 0.15) is 0 Å². The molecule has 3 rings (SSSR count). The number of nitrogens with zero attached hydrogens (tertiary/aromatic N) is 1. The molecule has 2 fully saturated rings. The number of rotatable bonds is 2. The zero-order chi connectivity index (χ0) is 15.1. The van der Waals surface area contributed by atoms with Crippen molar-refractivity contribution in [3.63, 3.8) is 0 Å². The van der Waals surface area contributed by atoms with E-state index in [-0.39, 0.29) is 29.2 Å². The van der Waals surface area contributed by atoms with E-state index in [9.17, 15) is 14.4 Å². The van der Waals surface area contributed by atoms with Gasteiger partial charge in [-0.05, 0) is 47.0 Å². The first-order valence-corrected chi connectivity index (χ1v) is 7.70. The lowest BCUT2D eigenvalue weighted by molar-refractivity contribution is -0.122. The van der Waals surface area contributed by atoms with Crippen molar-refractivity contribution in [3.05, 3.63) is 28.2 Å². The van der Waals surface area contributed by atoms with Crippen molar-refractivity contribution in [3.8, 4) is 0 Å². The van der Waals surface area contributed by atoms with Gasteiger partial charge in [0.15, 0.2) is 0 Å². The molecule has 1 aromatic rings. The molecule has 1 aliphatic carbocycles. The molecule has 2 atom stereocenters. The topological polar surface area (TPSA) is 74.7 Å². The third-order valence-electron chi connectivity index (χ3n) is 4.28. The van der Waals surface area contributed by atoms with Crippen molar-refractivity contribution < 1.29 is 19.5 Å². The summed E-state index contributed by atoms with van der Waals surface area (Å²) in [6, 6.07) is 4.53. The second-order valence-electron chi connectivity index (χ2n) is 5.48. The predicted molar refractivity (Wildman–Crippen MR) is 79.0 cm³/mol. The van der Waals surface area contributed by atoms with E-state index in [1.54, 1.807) is 12.1 Å². The van der Waals surface area contributed by atoms with Crippen LogP contribution in [-0.4, -0.2) is 22.9 Å². The highest BCUT2D eigenvalue weighted by atomic mass is 79.9. The van der Waals surface area contributed by atoms with Crippen LogP contribution in [0.15, 0.2) is 22.7 Å². The SMILES string of the molecule is O=C(O)c1cc(N2C(=O)C3CCCCC3C2=O)ccc1Br. The van der Waals surface area contributed by atoms with E-state index in [0.29, 0.717) is 10.2 Å². The van der Waals surface area contributed by atoms with E-state index in [1.807, 2.05) is 0 Å². The Hall–Kier alpha value is -1.69. The minimum Gasteiger partial charge on any atom is -0.478 e. The molecule has 1 saturated carbocycles. The number of fused-ring (bicyclic) bond motifs is 1. The molecule has 0 spiro atoms. The summed E-state index contributed by atoms with van der Waals surface area (Å²) in [4.78, 5) is 37.3. The maximum absolute atomic E-state index is 12.5. The zero-order valence-corrected chi connectivity index (χ0v) is 12.8. The summed E-state index contributed by atoms with van der Waals surface area (Å²) in [7, 11) is 0. The molecule has 1 N–H and O–H groups in total. The zero-order valence-electron chi connectivity index (χ0n) is 11.2. The smallest absolute Gasteiger partial charge is 0.336 e. The van der Waals surface area contributed by atoms with Crippen molar-refractivity contribution in [1.82, 2.24) is 0 Å². The van der Waals surface area contributed by atoms with Gasteiger partial charge in [0.25, 0.3) is 0 Å². The number of carboxylic acid groups (broad SMARTS) is 1. The standard InChI is InChI=1S/C15H14BrNO4/c16-12-6-5-8(7-11(12)15(20)21)17-13(18)9-3-1-2-4-10(9)14(17)19/h5-7,9-10H,1-4H2,(H,20,21). The number of carbonyl (C=O) groups excluding carboxylic acids is 2. The van der Waals surface area contributed by atoms with E-state index in [0.717, 1.165) is 25.7 Å². The van der Waals surface area contributed by atoms with Gasteiger partial charge in [-0.3, -0.25) is 14.5 Å². The van der Waals surface area contributed by atoms with Gasteiger partial charge >= 0.3 is 5.97 Å². The molecule has 5 nitrogen and oxygen atoms in total. The van der Waals surface area contributed by atoms with Crippen LogP contribution >= 0.6 is 15.9 Å². The molecule has 21 heavy (non-hydrogen) atoms. The van der Waals surface area contributed by atoms with Gasteiger partial charge in [-0.2, -0.15) is 0 Å². The first-order chi connectivity index (χ1) is 10.0. The fraction of sp³-hybridized carbons (Fsp3) is 0.400. The molecule has 1 aliphatic heterocycles. The Labute approximate surface area is 130 Å². The predicted octanol–water partition coefficient (Wildman–Crippen LogP) is 2.83. The summed E-state index contributed by atoms with van der Waals surface area (Å²) in [6.07, 6.45) is 3.42. The molecular weight excluding hydrogens is 338 g/mol. The van der Waals surface area contributed by atoms with Crippen molar-refractivity contribution in [2.24, 2.45) is 11.8 Å². The number of hydrogen-bond donors (Lipinski definition) is 1. The molecule has 2 amide bonds. The van der Waals surface area contributed by atoms with Gasteiger partial charge in [0, 0.05) is 4.47 Å². The average molecular weight is 352 g/mol. The molecular formula is C15H14BrNO4. The fourth-order valence-electron chi connectivity index (χ4n) is 3.23. The number of benzene rings is 1. The van der Waals surface area contributed by atoms with E-state index in [2.05, 4.69) is 15.9 Å². The van der Waals surface area contributed by atoms with Gasteiger partial charge in [-0.15, -0.1) is 0 Å². The lowest BCUT2D eigenvalue weighted by atomic mass is 9.81. The Morgan fingerprint density at radius 3 is 2.24 bits per heavy atom. The summed E-state index contributed by atoms with van der Waals surface area (Å²) >= 11 is 3.16. The number of halogens is 1. The summed E-state index contributed by atoms with van der Waals surface area (Å²) < 4.78 is 0.426. The van der Waals surface area contributed by atoms with Crippen LogP contribution in [0.25, 0.3) is 0 Å². The first-order valence-electron chi connectivity index (χ1n) is 6.91. The van der Waals surface area contributed by atoms with Crippen LogP contribution in [0, 0.1) is 11.8 Å². The van der Waals surface area contributed by atoms with Crippen molar-refractivity contribution >= 4 is 39.4 Å². The molecule has 6 heteroatoms. The Balaban J connectivity index is 2.00. The van der Waals surface area contributed by atoms with Crippen molar-refractivity contribution in [2.45, 2.75) is 25.7 Å². The Kier molecular flexibility index (Phi) is 3.57. The fourth-order valence-corrected chi connectivity index (χ4v) is 3.65. The summed E-state index contributed by atoms with van der Waals surface area (Å²) in [6.45, 7) is 0. The third kappa shape index (κ3) is 2.27. The van der Waals surface area contributed by atoms with Crippen molar-refractivity contribution in [2.75, 3.05) is 4.90 Å². The van der Waals surface area contributed by atoms with Gasteiger partial charge in [-0.1, -0.05) is 12.8 Å². The van der Waals surface area contributed by atoms with Crippen LogP contribution in [0.5, 0.6) is 0 Å². The molecule has 2 aliphatic rings. The van der Waals surface area contributed by atoms with Crippen LogP contribution in [0.3, 0.4) is 0 Å². The summed E-state index contributed by atoms with van der Waals surface area (Å²) in [5, 5.41) is 9.15. The lowest BCUT2D eigenvalue weighted by Crippen LogP contribution is -2.31. The molecule has 110 valence electrons. The van der Waals surface area contributed by atoms with Crippen LogP contribution in [0.1, 0.15) is 36.0 Å². The highest BCUT2D eigenvalue weighted by molar-refractivity contribution is 9.10. The molecule has 2 unspecified atom stereocenters. The molecule has 0 bridgehead atoms. The second-order valence-corrected chi connectivity index (χ2v) is 6.33. The van der Waals surface area contributed by atoms with Crippen LogP contribution in [0.4, 0.5) is 5.69 Å². The molecule has 0 radical (unpaired) electrons. The molecule has 1 heterocycles. The lowest BCUT2D eigenvalue weighted by Gasteiger charge is -2.19. The van der Waals surface area contributed by atoms with Gasteiger partial charge in [-0.25, -0.2) is 4.79 Å². The molecule has 1 aromatic carbocycles. The molecule has 0 aromatic heterocycles. The highest BCUT2D eigenvalue weighted by Gasteiger charge is 2.48. The molecule has 1 saturated heterocycles. The van der Waals surface area contributed by atoms with E-state index < -0.39 is 5.97 Å².